The van der Waals surface area contributed by atoms with Gasteiger partial charge in [-0.1, -0.05) is 6.07 Å². The van der Waals surface area contributed by atoms with Crippen LogP contribution in [0.4, 0.5) is 0 Å². The van der Waals surface area contributed by atoms with Gasteiger partial charge in [0.15, 0.2) is 0 Å². The molecule has 0 spiro atoms. The number of hydrogen-bond acceptors (Lipinski definition) is 3. The van der Waals surface area contributed by atoms with Gasteiger partial charge in [-0.15, -0.1) is 0 Å². The molecule has 0 aliphatic heterocycles. The molecule has 4 nitrogen and oxygen atoms in total. The highest BCUT2D eigenvalue weighted by molar-refractivity contribution is 5.82. The third-order valence-corrected chi connectivity index (χ3v) is 2.55. The quantitative estimate of drug-likeness (QED) is 0.815. The van der Waals surface area contributed by atoms with Gasteiger partial charge in [-0.25, -0.2) is 4.98 Å². The lowest BCUT2D eigenvalue weighted by Gasteiger charge is -2.00. The van der Waals surface area contributed by atoms with E-state index in [-0.39, 0.29) is 0 Å². The summed E-state index contributed by atoms with van der Waals surface area (Å²) in [6.45, 7) is 0.611. The van der Waals surface area contributed by atoms with Crippen LogP contribution in [0.25, 0.3) is 11.0 Å². The minimum absolute atomic E-state index is 0.611. The maximum Gasteiger partial charge on any atom is 0.146 e. The summed E-state index contributed by atoms with van der Waals surface area (Å²) in [5, 5.41) is 0. The van der Waals surface area contributed by atoms with Crippen LogP contribution in [0.15, 0.2) is 18.2 Å². The minimum atomic E-state index is 0.611. The second kappa shape index (κ2) is 3.90. The first kappa shape index (κ1) is 9.98. The number of aromatic nitrogens is 2. The lowest BCUT2D eigenvalue weighted by atomic mass is 10.3. The van der Waals surface area contributed by atoms with Crippen molar-refractivity contribution in [1.29, 1.82) is 0 Å². The topological polar surface area (TPSA) is 53.1 Å². The molecule has 15 heavy (non-hydrogen) atoms. The number of rotatable bonds is 3. The van der Waals surface area contributed by atoms with E-state index in [0.717, 1.165) is 29.0 Å². The van der Waals surface area contributed by atoms with Gasteiger partial charge in [-0.2, -0.15) is 0 Å². The summed E-state index contributed by atoms with van der Waals surface area (Å²) in [5.41, 5.74) is 7.53. The Bertz CT molecular complexity index is 476. The largest absolute Gasteiger partial charge is 0.494 e. The van der Waals surface area contributed by atoms with E-state index in [2.05, 4.69) is 9.55 Å². The summed E-state index contributed by atoms with van der Waals surface area (Å²) in [6.07, 6.45) is 0.786. The summed E-state index contributed by atoms with van der Waals surface area (Å²) < 4.78 is 7.33. The van der Waals surface area contributed by atoms with E-state index < -0.39 is 0 Å². The Morgan fingerprint density at radius 1 is 1.47 bits per heavy atom. The molecule has 80 valence electrons. The van der Waals surface area contributed by atoms with E-state index in [1.807, 2.05) is 25.2 Å². The zero-order chi connectivity index (χ0) is 10.8. The molecule has 2 rings (SSSR count). The summed E-state index contributed by atoms with van der Waals surface area (Å²) in [7, 11) is 3.66. The number of hydrogen-bond donors (Lipinski definition) is 1. The van der Waals surface area contributed by atoms with Crippen molar-refractivity contribution < 1.29 is 4.74 Å². The molecule has 1 aromatic heterocycles. The van der Waals surface area contributed by atoms with Crippen molar-refractivity contribution in [3.63, 3.8) is 0 Å². The standard InChI is InChI=1S/C11H15N3O/c1-14-8-4-3-5-9(15-2)11(8)13-10(14)6-7-12/h3-5H,6-7,12H2,1-2H3. The van der Waals surface area contributed by atoms with Crippen LogP contribution < -0.4 is 10.5 Å². The monoisotopic (exact) mass is 205 g/mol. The number of para-hydroxylation sites is 1. The maximum atomic E-state index is 5.54. The normalized spacial score (nSPS) is 10.9. The van der Waals surface area contributed by atoms with Crippen LogP contribution >= 0.6 is 0 Å². The smallest absolute Gasteiger partial charge is 0.146 e. The van der Waals surface area contributed by atoms with Crippen LogP contribution in [-0.4, -0.2) is 23.2 Å². The van der Waals surface area contributed by atoms with E-state index in [0.29, 0.717) is 6.54 Å². The molecule has 0 radical (unpaired) electrons. The number of nitrogens with two attached hydrogens (primary N) is 1. The van der Waals surface area contributed by atoms with Gasteiger partial charge in [0.2, 0.25) is 0 Å². The zero-order valence-corrected chi connectivity index (χ0v) is 9.03. The van der Waals surface area contributed by atoms with E-state index in [1.54, 1.807) is 7.11 Å². The molecule has 0 saturated carbocycles. The van der Waals surface area contributed by atoms with Gasteiger partial charge in [0.1, 0.15) is 17.1 Å². The first-order valence-corrected chi connectivity index (χ1v) is 4.96. The Hall–Kier alpha value is -1.55. The molecular weight excluding hydrogens is 190 g/mol. The number of nitrogens with zero attached hydrogens (tertiary/aromatic N) is 2. The molecule has 0 aliphatic carbocycles. The number of imidazole rings is 1. The van der Waals surface area contributed by atoms with Gasteiger partial charge in [0, 0.05) is 13.5 Å². The second-order valence-corrected chi connectivity index (χ2v) is 3.45. The molecule has 0 unspecified atom stereocenters. The molecule has 0 amide bonds. The van der Waals surface area contributed by atoms with Crippen LogP contribution in [0.3, 0.4) is 0 Å². The fourth-order valence-corrected chi connectivity index (χ4v) is 1.75. The molecule has 1 heterocycles. The summed E-state index contributed by atoms with van der Waals surface area (Å²) >= 11 is 0. The highest BCUT2D eigenvalue weighted by Crippen LogP contribution is 2.24. The number of methoxy groups -OCH3 is 1. The molecule has 0 bridgehead atoms. The molecule has 0 fully saturated rings. The molecule has 1 aromatic carbocycles. The Kier molecular flexibility index (Phi) is 2.60. The van der Waals surface area contributed by atoms with Gasteiger partial charge in [0.25, 0.3) is 0 Å². The molecule has 0 saturated heterocycles. The van der Waals surface area contributed by atoms with Gasteiger partial charge in [-0.05, 0) is 18.7 Å². The van der Waals surface area contributed by atoms with Crippen molar-refractivity contribution in [2.45, 2.75) is 6.42 Å². The minimum Gasteiger partial charge on any atom is -0.494 e. The van der Waals surface area contributed by atoms with Crippen molar-refractivity contribution in [3.8, 4) is 5.75 Å². The van der Waals surface area contributed by atoms with Crippen LogP contribution in [-0.2, 0) is 13.5 Å². The fourth-order valence-electron chi connectivity index (χ4n) is 1.75. The lowest BCUT2D eigenvalue weighted by Crippen LogP contribution is -2.07. The molecule has 2 aromatic rings. The van der Waals surface area contributed by atoms with Crippen LogP contribution in [0, 0.1) is 0 Å². The van der Waals surface area contributed by atoms with E-state index >= 15 is 0 Å². The fraction of sp³-hybridized carbons (Fsp3) is 0.364. The van der Waals surface area contributed by atoms with Crippen LogP contribution in [0.2, 0.25) is 0 Å². The van der Waals surface area contributed by atoms with Gasteiger partial charge in [-0.3, -0.25) is 0 Å². The van der Waals surface area contributed by atoms with Crippen molar-refractivity contribution in [3.05, 3.63) is 24.0 Å². The van der Waals surface area contributed by atoms with Gasteiger partial charge in [0.05, 0.1) is 12.6 Å². The number of aryl methyl sites for hydroxylation is 1. The Labute approximate surface area is 88.7 Å². The SMILES string of the molecule is COc1cccc2c1nc(CCN)n2C. The number of benzene rings is 1. The average Bonchev–Trinajstić information content (AvgIpc) is 2.57. The van der Waals surface area contributed by atoms with E-state index in [9.17, 15) is 0 Å². The number of ether oxygens (including phenoxy) is 1. The number of fused-ring (bicyclic) bond motifs is 1. The van der Waals surface area contributed by atoms with Gasteiger partial charge < -0.3 is 15.0 Å². The van der Waals surface area contributed by atoms with E-state index in [4.69, 9.17) is 10.5 Å². The summed E-state index contributed by atoms with van der Waals surface area (Å²) in [6, 6.07) is 5.92. The third-order valence-electron chi connectivity index (χ3n) is 2.55. The zero-order valence-electron chi connectivity index (χ0n) is 9.03. The predicted molar refractivity (Wildman–Crippen MR) is 60.0 cm³/mol. The Morgan fingerprint density at radius 2 is 2.27 bits per heavy atom. The Balaban J connectivity index is 2.64. The van der Waals surface area contributed by atoms with Crippen LogP contribution in [0.1, 0.15) is 5.82 Å². The van der Waals surface area contributed by atoms with Gasteiger partial charge >= 0.3 is 0 Å². The summed E-state index contributed by atoms with van der Waals surface area (Å²) in [5.74, 6) is 1.81. The van der Waals surface area contributed by atoms with Crippen molar-refractivity contribution in [2.24, 2.45) is 12.8 Å². The first-order chi connectivity index (χ1) is 7.27. The third kappa shape index (κ3) is 1.57. The molecule has 0 atom stereocenters. The maximum absolute atomic E-state index is 5.54. The molecule has 2 N–H and O–H groups in total. The lowest BCUT2D eigenvalue weighted by molar-refractivity contribution is 0.419. The second-order valence-electron chi connectivity index (χ2n) is 3.45. The average molecular weight is 205 g/mol. The van der Waals surface area contributed by atoms with Crippen molar-refractivity contribution in [1.82, 2.24) is 9.55 Å². The molecule has 0 aliphatic rings. The molecular formula is C11H15N3O. The first-order valence-electron chi connectivity index (χ1n) is 4.96. The highest BCUT2D eigenvalue weighted by Gasteiger charge is 2.10. The summed E-state index contributed by atoms with van der Waals surface area (Å²) in [4.78, 5) is 4.53. The van der Waals surface area contributed by atoms with E-state index in [1.165, 1.54) is 0 Å². The predicted octanol–water partition coefficient (Wildman–Crippen LogP) is 1.08. The van der Waals surface area contributed by atoms with Crippen molar-refractivity contribution in [2.75, 3.05) is 13.7 Å². The van der Waals surface area contributed by atoms with Crippen LogP contribution in [0.5, 0.6) is 5.75 Å². The molecule has 4 heteroatoms. The van der Waals surface area contributed by atoms with Crippen molar-refractivity contribution >= 4 is 11.0 Å². The highest BCUT2D eigenvalue weighted by atomic mass is 16.5. The Morgan fingerprint density at radius 3 is 2.93 bits per heavy atom.